The van der Waals surface area contributed by atoms with E-state index in [1.54, 1.807) is 6.92 Å². The van der Waals surface area contributed by atoms with Gasteiger partial charge in [-0.15, -0.1) is 0 Å². The van der Waals surface area contributed by atoms with Crippen LogP contribution in [0.4, 0.5) is 0 Å². The van der Waals surface area contributed by atoms with E-state index in [9.17, 15) is 0 Å². The number of hydrogen-bond donors (Lipinski definition) is 3. The van der Waals surface area contributed by atoms with E-state index in [4.69, 9.17) is 14.9 Å². The second-order valence-electron chi connectivity index (χ2n) is 3.72. The maximum Gasteiger partial charge on any atom is 0.0633 e. The molecule has 0 bridgehead atoms. The second-order valence-corrected chi connectivity index (χ2v) is 3.72. The van der Waals surface area contributed by atoms with Crippen LogP contribution in [0.2, 0.25) is 0 Å². The molecule has 0 radical (unpaired) electrons. The second kappa shape index (κ2) is 6.32. The molecule has 0 aliphatic carbocycles. The summed E-state index contributed by atoms with van der Waals surface area (Å²) in [7, 11) is 0. The monoisotopic (exact) mass is 191 g/mol. The molecule has 13 heavy (non-hydrogen) atoms. The molecule has 0 spiro atoms. The summed E-state index contributed by atoms with van der Waals surface area (Å²) in [6.45, 7) is 6.77. The molecule has 4 heteroatoms. The van der Waals surface area contributed by atoms with E-state index >= 15 is 0 Å². The Balaban J connectivity index is 3.50. The lowest BCUT2D eigenvalue weighted by Crippen LogP contribution is -2.50. The molecule has 0 unspecified atom stereocenters. The van der Waals surface area contributed by atoms with E-state index in [-0.39, 0.29) is 19.3 Å². The van der Waals surface area contributed by atoms with Gasteiger partial charge in [0.25, 0.3) is 0 Å². The minimum absolute atomic E-state index is 0.0782. The maximum atomic E-state index is 8.93. The number of aliphatic hydroxyl groups is 2. The minimum Gasteiger partial charge on any atom is -0.394 e. The van der Waals surface area contributed by atoms with Gasteiger partial charge in [-0.3, -0.25) is 0 Å². The van der Waals surface area contributed by atoms with Crippen molar-refractivity contribution >= 4 is 0 Å². The van der Waals surface area contributed by atoms with Gasteiger partial charge >= 0.3 is 0 Å². The number of hydrogen-bond acceptors (Lipinski definition) is 4. The quantitative estimate of drug-likeness (QED) is 0.485. The largest absolute Gasteiger partial charge is 0.394 e. The van der Waals surface area contributed by atoms with Gasteiger partial charge in [0.15, 0.2) is 0 Å². The summed E-state index contributed by atoms with van der Waals surface area (Å²) in [5, 5.41) is 20.9. The van der Waals surface area contributed by atoms with Crippen molar-refractivity contribution in [2.24, 2.45) is 0 Å². The number of aliphatic hydroxyl groups excluding tert-OH is 2. The first-order valence-corrected chi connectivity index (χ1v) is 4.62. The van der Waals surface area contributed by atoms with Gasteiger partial charge in [0.1, 0.15) is 0 Å². The summed E-state index contributed by atoms with van der Waals surface area (Å²) >= 11 is 0. The van der Waals surface area contributed by atoms with E-state index in [1.807, 2.05) is 13.8 Å². The highest BCUT2D eigenvalue weighted by atomic mass is 16.5. The summed E-state index contributed by atoms with van der Waals surface area (Å²) in [5.74, 6) is 0. The van der Waals surface area contributed by atoms with Crippen molar-refractivity contribution in [3.63, 3.8) is 0 Å². The highest BCUT2D eigenvalue weighted by Gasteiger charge is 2.20. The Morgan fingerprint density at radius 3 is 2.23 bits per heavy atom. The van der Waals surface area contributed by atoms with Crippen molar-refractivity contribution in [2.75, 3.05) is 26.4 Å². The molecule has 0 fully saturated rings. The van der Waals surface area contributed by atoms with Crippen molar-refractivity contribution in [1.82, 2.24) is 5.32 Å². The fraction of sp³-hybridized carbons (Fsp3) is 1.00. The van der Waals surface area contributed by atoms with Crippen LogP contribution in [0.5, 0.6) is 0 Å². The third-order valence-electron chi connectivity index (χ3n) is 1.80. The Morgan fingerprint density at radius 1 is 1.31 bits per heavy atom. The van der Waals surface area contributed by atoms with Crippen LogP contribution in [0, 0.1) is 0 Å². The Labute approximate surface area is 79.9 Å². The number of rotatable bonds is 7. The molecule has 0 heterocycles. The van der Waals surface area contributed by atoms with Crippen molar-refractivity contribution in [1.29, 1.82) is 0 Å². The van der Waals surface area contributed by atoms with Gasteiger partial charge in [0.2, 0.25) is 0 Å². The van der Waals surface area contributed by atoms with E-state index < -0.39 is 5.54 Å². The Morgan fingerprint density at radius 2 is 1.85 bits per heavy atom. The molecular formula is C9H21NO3. The topological polar surface area (TPSA) is 61.7 Å². The normalized spacial score (nSPS) is 12.5. The molecule has 0 aromatic carbocycles. The highest BCUT2D eigenvalue weighted by Crippen LogP contribution is 1.99. The molecule has 4 nitrogen and oxygen atoms in total. The lowest BCUT2D eigenvalue weighted by molar-refractivity contribution is 0.0604. The average Bonchev–Trinajstić information content (AvgIpc) is 2.12. The van der Waals surface area contributed by atoms with Crippen LogP contribution in [0.25, 0.3) is 0 Å². The van der Waals surface area contributed by atoms with Gasteiger partial charge in [0.05, 0.1) is 31.5 Å². The van der Waals surface area contributed by atoms with Gasteiger partial charge in [-0.05, 0) is 20.8 Å². The van der Waals surface area contributed by atoms with Crippen LogP contribution in [-0.4, -0.2) is 48.2 Å². The predicted molar refractivity (Wildman–Crippen MR) is 51.7 cm³/mol. The zero-order valence-corrected chi connectivity index (χ0v) is 8.71. The molecule has 0 atom stereocenters. The van der Waals surface area contributed by atoms with E-state index in [1.165, 1.54) is 0 Å². The summed E-state index contributed by atoms with van der Waals surface area (Å²) in [4.78, 5) is 0. The van der Waals surface area contributed by atoms with Gasteiger partial charge in [-0.2, -0.15) is 0 Å². The zero-order chi connectivity index (χ0) is 10.3. The zero-order valence-electron chi connectivity index (χ0n) is 8.71. The van der Waals surface area contributed by atoms with E-state index in [2.05, 4.69) is 5.32 Å². The van der Waals surface area contributed by atoms with Crippen molar-refractivity contribution < 1.29 is 14.9 Å². The smallest absolute Gasteiger partial charge is 0.0633 e. The molecule has 80 valence electrons. The van der Waals surface area contributed by atoms with Crippen molar-refractivity contribution in [3.05, 3.63) is 0 Å². The molecule has 0 aliphatic rings. The van der Waals surface area contributed by atoms with Crippen LogP contribution >= 0.6 is 0 Å². The van der Waals surface area contributed by atoms with E-state index in [0.717, 1.165) is 0 Å². The average molecular weight is 191 g/mol. The first kappa shape index (κ1) is 12.8. The van der Waals surface area contributed by atoms with Crippen LogP contribution in [0.3, 0.4) is 0 Å². The van der Waals surface area contributed by atoms with Crippen LogP contribution < -0.4 is 5.32 Å². The summed E-state index contributed by atoms with van der Waals surface area (Å²) in [5.41, 5.74) is -0.597. The lowest BCUT2D eigenvalue weighted by Gasteiger charge is -2.26. The SMILES string of the molecule is CC(C)OCCNC(C)(CO)CO. The molecule has 0 aromatic heterocycles. The van der Waals surface area contributed by atoms with Gasteiger partial charge in [-0.1, -0.05) is 0 Å². The summed E-state index contributed by atoms with van der Waals surface area (Å²) < 4.78 is 5.30. The van der Waals surface area contributed by atoms with Crippen LogP contribution in [-0.2, 0) is 4.74 Å². The van der Waals surface area contributed by atoms with Gasteiger partial charge in [-0.25, -0.2) is 0 Å². The van der Waals surface area contributed by atoms with E-state index in [0.29, 0.717) is 13.2 Å². The van der Waals surface area contributed by atoms with Gasteiger partial charge in [0, 0.05) is 6.54 Å². The Bertz CT molecular complexity index is 124. The summed E-state index contributed by atoms with van der Waals surface area (Å²) in [6.07, 6.45) is 0.219. The number of nitrogens with one attached hydrogen (secondary N) is 1. The standard InChI is InChI=1S/C9H21NO3/c1-8(2)13-5-4-10-9(3,6-11)7-12/h8,10-12H,4-7H2,1-3H3. The molecule has 0 saturated carbocycles. The molecule has 0 amide bonds. The fourth-order valence-electron chi connectivity index (χ4n) is 0.809. The maximum absolute atomic E-state index is 8.93. The van der Waals surface area contributed by atoms with Crippen LogP contribution in [0.1, 0.15) is 20.8 Å². The Kier molecular flexibility index (Phi) is 6.24. The highest BCUT2D eigenvalue weighted by molar-refractivity contribution is 4.80. The minimum atomic E-state index is -0.597. The lowest BCUT2D eigenvalue weighted by atomic mass is 10.1. The van der Waals surface area contributed by atoms with Crippen molar-refractivity contribution in [2.45, 2.75) is 32.4 Å². The Hall–Kier alpha value is -0.160. The first-order chi connectivity index (χ1) is 6.04. The van der Waals surface area contributed by atoms with Crippen molar-refractivity contribution in [3.8, 4) is 0 Å². The molecule has 0 rings (SSSR count). The fourth-order valence-corrected chi connectivity index (χ4v) is 0.809. The third kappa shape index (κ3) is 5.99. The molecular weight excluding hydrogens is 170 g/mol. The molecule has 0 aliphatic heterocycles. The van der Waals surface area contributed by atoms with Crippen LogP contribution in [0.15, 0.2) is 0 Å². The summed E-state index contributed by atoms with van der Waals surface area (Å²) in [6, 6.07) is 0. The molecule has 0 aromatic rings. The first-order valence-electron chi connectivity index (χ1n) is 4.62. The molecule has 0 saturated heterocycles. The third-order valence-corrected chi connectivity index (χ3v) is 1.80. The molecule has 3 N–H and O–H groups in total. The number of ether oxygens (including phenoxy) is 1. The predicted octanol–water partition coefficient (Wildman–Crippen LogP) is -0.256. The van der Waals surface area contributed by atoms with Gasteiger partial charge < -0.3 is 20.3 Å².